The van der Waals surface area contributed by atoms with E-state index >= 15 is 0 Å². The van der Waals surface area contributed by atoms with Crippen molar-refractivity contribution in [3.63, 3.8) is 0 Å². The van der Waals surface area contributed by atoms with Crippen LogP contribution < -0.4 is 34.7 Å². The standard InChI is InChI=1S/C23H42O7S.Na/c1-2-3-4-5-6-7-8-9-10-11-12-13-14-16-21(17-15-20-31(27,28)29)30-23(26)19-18-22(24)25;/h18-19,21H,2-17,20H2,1H3,(H,24,25)(H,27,28,29);/q;+1/p-1. The average Bonchev–Trinajstić information content (AvgIpc) is 2.68. The molecule has 0 bridgehead atoms. The van der Waals surface area contributed by atoms with Crippen LogP contribution in [0.1, 0.15) is 110 Å². The minimum absolute atomic E-state index is 0. The Bertz CT molecular complexity index is 605. The first kappa shape index (κ1) is 33.8. The van der Waals surface area contributed by atoms with E-state index in [0.717, 1.165) is 25.3 Å². The zero-order chi connectivity index (χ0) is 23.4. The van der Waals surface area contributed by atoms with Gasteiger partial charge in [0, 0.05) is 6.08 Å². The van der Waals surface area contributed by atoms with Crippen molar-refractivity contribution in [3.8, 4) is 0 Å². The molecule has 0 fully saturated rings. The van der Waals surface area contributed by atoms with Gasteiger partial charge in [0.1, 0.15) is 6.10 Å². The summed E-state index contributed by atoms with van der Waals surface area (Å²) in [5.74, 6) is -2.68. The Labute approximate surface area is 216 Å². The van der Waals surface area contributed by atoms with E-state index in [9.17, 15) is 23.1 Å². The molecule has 0 saturated carbocycles. The van der Waals surface area contributed by atoms with Crippen molar-refractivity contribution in [2.24, 2.45) is 0 Å². The number of rotatable bonds is 21. The van der Waals surface area contributed by atoms with E-state index in [2.05, 4.69) is 6.92 Å². The van der Waals surface area contributed by atoms with Crippen LogP contribution in [0.25, 0.3) is 0 Å². The molecular weight excluding hydrogens is 443 g/mol. The molecule has 1 atom stereocenters. The molecule has 0 radical (unpaired) electrons. The van der Waals surface area contributed by atoms with Crippen LogP contribution in [0, 0.1) is 0 Å². The number of ether oxygens (including phenoxy) is 1. The Morgan fingerprint density at radius 3 is 1.69 bits per heavy atom. The smallest absolute Gasteiger partial charge is 0.545 e. The average molecular weight is 485 g/mol. The molecule has 0 aliphatic rings. The normalized spacial score (nSPS) is 12.4. The summed E-state index contributed by atoms with van der Waals surface area (Å²) in [7, 11) is -4.06. The summed E-state index contributed by atoms with van der Waals surface area (Å²) in [6.45, 7) is 2.23. The van der Waals surface area contributed by atoms with Crippen molar-refractivity contribution >= 4 is 22.1 Å². The summed E-state index contributed by atoms with van der Waals surface area (Å²) in [4.78, 5) is 22.1. The first-order valence-electron chi connectivity index (χ1n) is 11.8. The van der Waals surface area contributed by atoms with Crippen LogP contribution in [0.3, 0.4) is 0 Å². The quantitative estimate of drug-likeness (QED) is 0.0858. The molecule has 0 aromatic carbocycles. The maximum atomic E-state index is 11.7. The summed E-state index contributed by atoms with van der Waals surface area (Å²) in [5.41, 5.74) is 0. The zero-order valence-corrected chi connectivity index (χ0v) is 22.9. The number of hydrogen-bond acceptors (Lipinski definition) is 6. The number of unbranched alkanes of at least 4 members (excludes halogenated alkanes) is 12. The second-order valence-corrected chi connectivity index (χ2v) is 9.74. The Morgan fingerprint density at radius 2 is 1.25 bits per heavy atom. The molecule has 0 aromatic rings. The molecular formula is C23H41NaO7S. The third-order valence-corrected chi connectivity index (χ3v) is 6.00. The van der Waals surface area contributed by atoms with Crippen molar-refractivity contribution in [3.05, 3.63) is 12.2 Å². The number of hydrogen-bond donors (Lipinski definition) is 1. The van der Waals surface area contributed by atoms with Gasteiger partial charge in [-0.25, -0.2) is 4.79 Å². The largest absolute Gasteiger partial charge is 1.00 e. The molecule has 1 unspecified atom stereocenters. The fraction of sp³-hybridized carbons (Fsp3) is 0.826. The van der Waals surface area contributed by atoms with Crippen molar-refractivity contribution in [1.29, 1.82) is 0 Å². The fourth-order valence-corrected chi connectivity index (χ4v) is 4.02. The maximum Gasteiger partial charge on any atom is 1.00 e. The minimum atomic E-state index is -4.06. The number of carboxylic acids is 1. The van der Waals surface area contributed by atoms with Crippen LogP contribution in [0.4, 0.5) is 0 Å². The molecule has 0 amide bonds. The Morgan fingerprint density at radius 1 is 0.812 bits per heavy atom. The molecule has 0 saturated heterocycles. The van der Waals surface area contributed by atoms with Crippen LogP contribution in [-0.4, -0.2) is 36.8 Å². The summed E-state index contributed by atoms with van der Waals surface area (Å²) < 4.78 is 35.8. The van der Waals surface area contributed by atoms with Crippen LogP contribution in [0.15, 0.2) is 12.2 Å². The van der Waals surface area contributed by atoms with Crippen molar-refractivity contribution in [1.82, 2.24) is 0 Å². The van der Waals surface area contributed by atoms with E-state index in [-0.39, 0.29) is 36.0 Å². The van der Waals surface area contributed by atoms with Crippen LogP contribution in [0.2, 0.25) is 0 Å². The number of carbonyl (C=O) groups excluding carboxylic acids is 2. The third-order valence-electron chi connectivity index (χ3n) is 5.20. The van der Waals surface area contributed by atoms with Crippen LogP contribution in [-0.2, 0) is 24.4 Å². The van der Waals surface area contributed by atoms with Gasteiger partial charge in [0.25, 0.3) is 10.1 Å². The molecule has 0 spiro atoms. The van der Waals surface area contributed by atoms with E-state index in [0.29, 0.717) is 18.9 Å². The van der Waals surface area contributed by atoms with Gasteiger partial charge >= 0.3 is 35.5 Å². The van der Waals surface area contributed by atoms with Crippen LogP contribution in [0.5, 0.6) is 0 Å². The molecule has 0 aliphatic heterocycles. The van der Waals surface area contributed by atoms with Gasteiger partial charge in [0.05, 0.1) is 11.7 Å². The van der Waals surface area contributed by atoms with Gasteiger partial charge in [0.15, 0.2) is 0 Å². The van der Waals surface area contributed by atoms with Crippen molar-refractivity contribution in [2.75, 3.05) is 5.75 Å². The monoisotopic (exact) mass is 484 g/mol. The molecule has 0 aromatic heterocycles. The summed E-state index contributed by atoms with van der Waals surface area (Å²) >= 11 is 0. The molecule has 1 N–H and O–H groups in total. The van der Waals surface area contributed by atoms with E-state index in [1.54, 1.807) is 0 Å². The summed E-state index contributed by atoms with van der Waals surface area (Å²) in [6, 6.07) is 0. The predicted octanol–water partition coefficient (Wildman–Crippen LogP) is 1.36. The molecule has 9 heteroatoms. The first-order chi connectivity index (χ1) is 14.7. The third kappa shape index (κ3) is 25.8. The fourth-order valence-electron chi connectivity index (χ4n) is 3.49. The molecule has 0 rings (SSSR count). The van der Waals surface area contributed by atoms with Crippen LogP contribution >= 0.6 is 0 Å². The maximum absolute atomic E-state index is 11.7. The van der Waals surface area contributed by atoms with E-state index < -0.39 is 33.9 Å². The Hall–Kier alpha value is -0.410. The van der Waals surface area contributed by atoms with Crippen molar-refractivity contribution in [2.45, 2.75) is 116 Å². The molecule has 7 nitrogen and oxygen atoms in total. The SMILES string of the molecule is CCCCCCCCCCCCCCCC(CCCS(=O)(=O)O)OC(=O)C=CC(=O)[O-].[Na+]. The van der Waals surface area contributed by atoms with E-state index in [1.165, 1.54) is 64.2 Å². The number of aliphatic carboxylic acids is 1. The second kappa shape index (κ2) is 22.4. The number of carbonyl (C=O) groups is 2. The molecule has 32 heavy (non-hydrogen) atoms. The van der Waals surface area contributed by atoms with Crippen molar-refractivity contribution < 1.29 is 62.0 Å². The second-order valence-electron chi connectivity index (χ2n) is 8.17. The first-order valence-corrected chi connectivity index (χ1v) is 13.4. The van der Waals surface area contributed by atoms with Gasteiger partial charge < -0.3 is 14.6 Å². The number of carboxylic acid groups (broad SMARTS) is 1. The van der Waals surface area contributed by atoms with E-state index in [1.807, 2.05) is 0 Å². The summed E-state index contributed by atoms with van der Waals surface area (Å²) in [5, 5.41) is 10.4. The predicted molar refractivity (Wildman–Crippen MR) is 120 cm³/mol. The van der Waals surface area contributed by atoms with Gasteiger partial charge in [-0.05, 0) is 31.8 Å². The van der Waals surface area contributed by atoms with Gasteiger partial charge in [-0.15, -0.1) is 0 Å². The van der Waals surface area contributed by atoms with Gasteiger partial charge in [-0.1, -0.05) is 84.0 Å². The molecule has 0 heterocycles. The van der Waals surface area contributed by atoms with Gasteiger partial charge in [-0.3, -0.25) is 4.55 Å². The Kier molecular flexibility index (Phi) is 23.6. The molecule has 0 aliphatic carbocycles. The topological polar surface area (TPSA) is 121 Å². The summed E-state index contributed by atoms with van der Waals surface area (Å²) in [6.07, 6.45) is 17.9. The Balaban J connectivity index is 0. The van der Waals surface area contributed by atoms with Gasteiger partial charge in [0.2, 0.25) is 0 Å². The zero-order valence-electron chi connectivity index (χ0n) is 20.1. The minimum Gasteiger partial charge on any atom is -0.545 e. The van der Waals surface area contributed by atoms with E-state index in [4.69, 9.17) is 9.29 Å². The number of esters is 1. The molecule has 182 valence electrons. The van der Waals surface area contributed by atoms with Gasteiger partial charge in [-0.2, -0.15) is 8.42 Å².